The molecule has 0 spiro atoms. The van der Waals surface area contributed by atoms with E-state index in [1.165, 1.54) is 12.2 Å². The minimum atomic E-state index is -4.23. The number of carbonyl (C=O) groups is 4. The minimum absolute atomic E-state index is 0.00761. The van der Waals surface area contributed by atoms with E-state index in [1.807, 2.05) is 12.1 Å². The molecule has 0 radical (unpaired) electrons. The molecule has 4 rings (SSSR count). The molecule has 0 atom stereocenters. The molecule has 8 N–H and O–H groups in total. The molecule has 0 aromatic carbocycles. The zero-order chi connectivity index (χ0) is 34.2. The van der Waals surface area contributed by atoms with Crippen LogP contribution < -0.4 is 21.3 Å². The number of nitrogens with one attached hydrogen (secondary N) is 6. The number of aromatic nitrogens is 2. The molecular weight excluding hydrogens is 656 g/mol. The van der Waals surface area contributed by atoms with Gasteiger partial charge in [-0.1, -0.05) is 0 Å². The maximum absolute atomic E-state index is 12.4. The van der Waals surface area contributed by atoms with Gasteiger partial charge in [0.1, 0.15) is 0 Å². The normalized spacial score (nSPS) is 16.2. The van der Waals surface area contributed by atoms with Gasteiger partial charge in [0, 0.05) is 78.7 Å². The van der Waals surface area contributed by atoms with Gasteiger partial charge in [0.15, 0.2) is 0 Å². The Morgan fingerprint density at radius 3 is 1.43 bits per heavy atom. The summed E-state index contributed by atoms with van der Waals surface area (Å²) in [4.78, 5) is 54.7. The fourth-order valence-corrected chi connectivity index (χ4v) is 5.54. The molecule has 252 valence electrons. The maximum atomic E-state index is 12.4. The summed E-state index contributed by atoms with van der Waals surface area (Å²) in [7, 11) is -8.45. The fourth-order valence-electron chi connectivity index (χ4n) is 4.82. The number of aryl methyl sites for hydroxylation is 2. The minimum Gasteiger partial charge on any atom is -0.358 e. The lowest BCUT2D eigenvalue weighted by Crippen LogP contribution is -2.29. The van der Waals surface area contributed by atoms with Crippen molar-refractivity contribution in [1.82, 2.24) is 31.2 Å². The first-order valence-electron chi connectivity index (χ1n) is 14.4. The van der Waals surface area contributed by atoms with E-state index in [2.05, 4.69) is 31.2 Å². The largest absolute Gasteiger partial charge is 0.358 e. The van der Waals surface area contributed by atoms with Gasteiger partial charge >= 0.3 is 0 Å². The third-order valence-corrected chi connectivity index (χ3v) is 8.41. The number of hydrogen-bond donors (Lipinski definition) is 8. The Hall–Kier alpha value is -4.78. The van der Waals surface area contributed by atoms with E-state index in [0.29, 0.717) is 34.2 Å². The van der Waals surface area contributed by atoms with E-state index in [-0.39, 0.29) is 57.0 Å². The number of amides is 4. The number of H-pyrrole nitrogens is 2. The van der Waals surface area contributed by atoms with Crippen LogP contribution in [0.2, 0.25) is 0 Å². The smallest absolute Gasteiger partial charge is 0.266 e. The SMILES string of the molecule is O=C1C=C/C(=C/c2cc(CCC(=O)NCCS(=O)(=O)O)c(Cc3[nH]c(/C=C4/C=CC(=O)N4)cc3CCC(=O)NCCS(=O)(=O)O)[nH]2)N1. The van der Waals surface area contributed by atoms with Crippen molar-refractivity contribution >= 4 is 56.0 Å². The Morgan fingerprint density at radius 2 is 1.09 bits per heavy atom. The second-order valence-electron chi connectivity index (χ2n) is 10.8. The summed E-state index contributed by atoms with van der Waals surface area (Å²) in [6.45, 7) is -0.492. The number of rotatable bonds is 16. The van der Waals surface area contributed by atoms with Crippen LogP contribution >= 0.6 is 0 Å². The van der Waals surface area contributed by atoms with Gasteiger partial charge in [0.25, 0.3) is 20.2 Å². The molecule has 0 saturated carbocycles. The second-order valence-corrected chi connectivity index (χ2v) is 13.9. The van der Waals surface area contributed by atoms with E-state index in [0.717, 1.165) is 11.1 Å². The van der Waals surface area contributed by atoms with E-state index in [1.54, 1.807) is 24.3 Å². The molecule has 0 bridgehead atoms. The summed E-state index contributed by atoms with van der Waals surface area (Å²) in [5.41, 5.74) is 5.31. The predicted octanol–water partition coefficient (Wildman–Crippen LogP) is -0.139. The van der Waals surface area contributed by atoms with Crippen molar-refractivity contribution < 1.29 is 45.1 Å². The molecule has 16 nitrogen and oxygen atoms in total. The number of allylic oxidation sites excluding steroid dienone is 2. The maximum Gasteiger partial charge on any atom is 0.266 e. The molecule has 0 fully saturated rings. The molecule has 4 amide bonds. The average molecular weight is 691 g/mol. The van der Waals surface area contributed by atoms with E-state index >= 15 is 0 Å². The molecule has 2 aliphatic heterocycles. The van der Waals surface area contributed by atoms with E-state index in [4.69, 9.17) is 9.11 Å². The zero-order valence-electron chi connectivity index (χ0n) is 25.0. The zero-order valence-corrected chi connectivity index (χ0v) is 26.6. The Balaban J connectivity index is 1.56. The second kappa shape index (κ2) is 15.2. The van der Waals surface area contributed by atoms with Gasteiger partial charge < -0.3 is 31.2 Å². The standard InChI is InChI=1S/C29H34N6O10S2/c36-26(30-9-11-46(40,41)42)5-1-18-13-22(15-20-3-7-28(38)34-20)32-24(18)17-25-19(2-6-27(37)31-10-12-47(43,44)45)14-23(33-25)16-21-4-8-29(39)35-21/h3-4,7-8,13-16,32-33H,1-2,5-6,9-12,17H2,(H,30,36)(H,31,37)(H,34,38)(H,35,39)(H,40,41,42)(H,43,44,45)/b20-15-,21-16-. The van der Waals surface area contributed by atoms with Crippen LogP contribution in [0.1, 0.15) is 46.7 Å². The van der Waals surface area contributed by atoms with Crippen LogP contribution in [0.3, 0.4) is 0 Å². The van der Waals surface area contributed by atoms with Crippen LogP contribution in [0.15, 0.2) is 47.8 Å². The van der Waals surface area contributed by atoms with Crippen molar-refractivity contribution in [3.8, 4) is 0 Å². The molecule has 4 heterocycles. The first-order valence-corrected chi connectivity index (χ1v) is 17.6. The van der Waals surface area contributed by atoms with Crippen LogP contribution in [-0.2, 0) is 58.7 Å². The van der Waals surface area contributed by atoms with Crippen molar-refractivity contribution in [3.05, 3.63) is 81.7 Å². The average Bonchev–Trinajstić information content (AvgIpc) is 3.74. The fraction of sp³-hybridized carbons (Fsp3) is 0.310. The Kier molecular flexibility index (Phi) is 11.3. The predicted molar refractivity (Wildman–Crippen MR) is 170 cm³/mol. The highest BCUT2D eigenvalue weighted by atomic mass is 32.2. The van der Waals surface area contributed by atoms with Gasteiger partial charge in [0.2, 0.25) is 23.6 Å². The first-order chi connectivity index (χ1) is 22.1. The Bertz CT molecular complexity index is 1760. The van der Waals surface area contributed by atoms with Crippen LogP contribution in [-0.4, -0.2) is 84.1 Å². The molecular formula is C29H34N6O10S2. The summed E-state index contributed by atoms with van der Waals surface area (Å²) in [6.07, 6.45) is 10.3. The van der Waals surface area contributed by atoms with Crippen molar-refractivity contribution in [1.29, 1.82) is 0 Å². The monoisotopic (exact) mass is 690 g/mol. The summed E-state index contributed by atoms with van der Waals surface area (Å²) in [6, 6.07) is 3.64. The van der Waals surface area contributed by atoms with Crippen LogP contribution in [0.25, 0.3) is 12.2 Å². The molecule has 0 unspecified atom stereocenters. The Morgan fingerprint density at radius 1 is 0.681 bits per heavy atom. The topological polar surface area (TPSA) is 257 Å². The lowest BCUT2D eigenvalue weighted by Gasteiger charge is -2.08. The highest BCUT2D eigenvalue weighted by Crippen LogP contribution is 2.24. The van der Waals surface area contributed by atoms with Gasteiger partial charge in [-0.2, -0.15) is 16.8 Å². The van der Waals surface area contributed by atoms with Gasteiger partial charge in [-0.25, -0.2) is 0 Å². The first kappa shape index (κ1) is 35.1. The van der Waals surface area contributed by atoms with Crippen LogP contribution in [0.4, 0.5) is 0 Å². The summed E-state index contributed by atoms with van der Waals surface area (Å²) >= 11 is 0. The van der Waals surface area contributed by atoms with E-state index in [9.17, 15) is 36.0 Å². The third kappa shape index (κ3) is 11.8. The molecule has 0 aliphatic carbocycles. The van der Waals surface area contributed by atoms with Gasteiger partial charge in [0.05, 0.1) is 11.5 Å². The lowest BCUT2D eigenvalue weighted by molar-refractivity contribution is -0.121. The van der Waals surface area contributed by atoms with Crippen molar-refractivity contribution in [2.75, 3.05) is 24.6 Å². The lowest BCUT2D eigenvalue weighted by atomic mass is 10.0. The molecule has 0 saturated heterocycles. The highest BCUT2D eigenvalue weighted by molar-refractivity contribution is 7.86. The quantitative estimate of drug-likeness (QED) is 0.108. The molecule has 2 aliphatic rings. The van der Waals surface area contributed by atoms with Crippen molar-refractivity contribution in [3.63, 3.8) is 0 Å². The van der Waals surface area contributed by atoms with Gasteiger partial charge in [-0.3, -0.25) is 28.3 Å². The number of hydrogen-bond acceptors (Lipinski definition) is 8. The van der Waals surface area contributed by atoms with Crippen molar-refractivity contribution in [2.24, 2.45) is 0 Å². The molecule has 47 heavy (non-hydrogen) atoms. The summed E-state index contributed by atoms with van der Waals surface area (Å²) in [5.74, 6) is -2.61. The van der Waals surface area contributed by atoms with Gasteiger partial charge in [-0.15, -0.1) is 0 Å². The third-order valence-electron chi connectivity index (χ3n) is 6.97. The summed E-state index contributed by atoms with van der Waals surface area (Å²) < 4.78 is 61.7. The number of carbonyl (C=O) groups excluding carboxylic acids is 4. The highest BCUT2D eigenvalue weighted by Gasteiger charge is 2.17. The molecule has 18 heteroatoms. The Labute approximate surface area is 270 Å². The van der Waals surface area contributed by atoms with E-state index < -0.39 is 43.6 Å². The number of aromatic amines is 2. The molecule has 2 aromatic rings. The summed E-state index contributed by atoms with van der Waals surface area (Å²) in [5, 5.41) is 10.3. The van der Waals surface area contributed by atoms with Gasteiger partial charge in [-0.05, 0) is 60.4 Å². The van der Waals surface area contributed by atoms with Crippen molar-refractivity contribution in [2.45, 2.75) is 32.1 Å². The molecule has 2 aromatic heterocycles. The van der Waals surface area contributed by atoms with Crippen LogP contribution in [0, 0.1) is 0 Å². The van der Waals surface area contributed by atoms with Crippen LogP contribution in [0.5, 0.6) is 0 Å².